The van der Waals surface area contributed by atoms with Crippen molar-refractivity contribution >= 4 is 22.9 Å². The number of hydrogen-bond acceptors (Lipinski definition) is 3. The standard InChI is InChI=1S/C14H17ClN2S/c1-9-11(3)18-14(17-9)8-16-10(2)12-4-6-13(15)7-5-12/h4-7,10,16H,8H2,1-3H3. The largest absolute Gasteiger partial charge is 0.304 e. The zero-order valence-corrected chi connectivity index (χ0v) is 12.4. The molecule has 1 atom stereocenters. The molecule has 2 aromatic rings. The summed E-state index contributed by atoms with van der Waals surface area (Å²) < 4.78 is 0. The molecule has 1 heterocycles. The summed E-state index contributed by atoms with van der Waals surface area (Å²) in [4.78, 5) is 5.82. The minimum absolute atomic E-state index is 0.298. The highest BCUT2D eigenvalue weighted by atomic mass is 35.5. The number of aryl methyl sites for hydroxylation is 2. The van der Waals surface area contributed by atoms with E-state index in [4.69, 9.17) is 11.6 Å². The molecule has 0 amide bonds. The van der Waals surface area contributed by atoms with Crippen LogP contribution in [0.2, 0.25) is 5.02 Å². The van der Waals surface area contributed by atoms with Gasteiger partial charge in [0, 0.05) is 22.5 Å². The van der Waals surface area contributed by atoms with E-state index in [1.54, 1.807) is 11.3 Å². The van der Waals surface area contributed by atoms with Gasteiger partial charge in [0.25, 0.3) is 0 Å². The summed E-state index contributed by atoms with van der Waals surface area (Å²) in [5, 5.41) is 5.40. The van der Waals surface area contributed by atoms with Crippen LogP contribution in [0.4, 0.5) is 0 Å². The zero-order chi connectivity index (χ0) is 13.1. The summed E-state index contributed by atoms with van der Waals surface area (Å²) in [6.45, 7) is 7.12. The van der Waals surface area contributed by atoms with E-state index in [1.165, 1.54) is 10.4 Å². The molecule has 0 radical (unpaired) electrons. The van der Waals surface area contributed by atoms with E-state index in [0.717, 1.165) is 22.3 Å². The van der Waals surface area contributed by atoms with E-state index in [2.05, 4.69) is 43.2 Å². The number of rotatable bonds is 4. The zero-order valence-electron chi connectivity index (χ0n) is 10.8. The number of nitrogens with zero attached hydrogens (tertiary/aromatic N) is 1. The van der Waals surface area contributed by atoms with Crippen molar-refractivity contribution in [2.45, 2.75) is 33.4 Å². The molecule has 96 valence electrons. The molecular weight excluding hydrogens is 264 g/mol. The van der Waals surface area contributed by atoms with Crippen molar-refractivity contribution in [2.75, 3.05) is 0 Å². The van der Waals surface area contributed by atoms with Gasteiger partial charge in [-0.25, -0.2) is 4.98 Å². The van der Waals surface area contributed by atoms with E-state index >= 15 is 0 Å². The van der Waals surface area contributed by atoms with Crippen LogP contribution >= 0.6 is 22.9 Å². The minimum atomic E-state index is 0.298. The number of halogens is 1. The van der Waals surface area contributed by atoms with Crippen LogP contribution in [0.5, 0.6) is 0 Å². The summed E-state index contributed by atoms with van der Waals surface area (Å²) in [5.41, 5.74) is 2.38. The van der Waals surface area contributed by atoms with Gasteiger partial charge in [-0.15, -0.1) is 11.3 Å². The van der Waals surface area contributed by atoms with Gasteiger partial charge < -0.3 is 5.32 Å². The van der Waals surface area contributed by atoms with E-state index in [-0.39, 0.29) is 0 Å². The van der Waals surface area contributed by atoms with E-state index in [1.807, 2.05) is 12.1 Å². The molecule has 0 fully saturated rings. The van der Waals surface area contributed by atoms with Crippen LogP contribution in [0.1, 0.15) is 34.1 Å². The Labute approximate surface area is 117 Å². The summed E-state index contributed by atoms with van der Waals surface area (Å²) in [6, 6.07) is 8.25. The maximum absolute atomic E-state index is 5.88. The lowest BCUT2D eigenvalue weighted by Crippen LogP contribution is -2.17. The molecule has 0 aliphatic heterocycles. The molecule has 0 saturated heterocycles. The fourth-order valence-corrected chi connectivity index (χ4v) is 2.74. The van der Waals surface area contributed by atoms with Crippen LogP contribution in [0.25, 0.3) is 0 Å². The SMILES string of the molecule is Cc1nc(CNC(C)c2ccc(Cl)cc2)sc1C. The number of aromatic nitrogens is 1. The topological polar surface area (TPSA) is 24.9 Å². The third-order valence-electron chi connectivity index (χ3n) is 3.00. The first-order valence-corrected chi connectivity index (χ1v) is 7.17. The third kappa shape index (κ3) is 3.31. The second kappa shape index (κ2) is 5.83. The van der Waals surface area contributed by atoms with Crippen molar-refractivity contribution in [3.8, 4) is 0 Å². The fourth-order valence-electron chi connectivity index (χ4n) is 1.72. The first kappa shape index (κ1) is 13.5. The number of benzene rings is 1. The van der Waals surface area contributed by atoms with E-state index < -0.39 is 0 Å². The predicted molar refractivity (Wildman–Crippen MR) is 78.3 cm³/mol. The molecule has 1 N–H and O–H groups in total. The normalized spacial score (nSPS) is 12.7. The van der Waals surface area contributed by atoms with Gasteiger partial charge in [0.05, 0.1) is 5.69 Å². The van der Waals surface area contributed by atoms with E-state index in [0.29, 0.717) is 6.04 Å². The fraction of sp³-hybridized carbons (Fsp3) is 0.357. The Morgan fingerprint density at radius 2 is 1.94 bits per heavy atom. The maximum atomic E-state index is 5.88. The lowest BCUT2D eigenvalue weighted by molar-refractivity contribution is 0.573. The van der Waals surface area contributed by atoms with Crippen LogP contribution in [0, 0.1) is 13.8 Å². The number of nitrogens with one attached hydrogen (secondary N) is 1. The molecule has 1 aromatic carbocycles. The Morgan fingerprint density at radius 3 is 2.50 bits per heavy atom. The first-order chi connectivity index (χ1) is 8.56. The van der Waals surface area contributed by atoms with Gasteiger partial charge in [-0.1, -0.05) is 23.7 Å². The molecule has 1 aromatic heterocycles. The Kier molecular flexibility index (Phi) is 4.38. The van der Waals surface area contributed by atoms with Gasteiger partial charge in [-0.2, -0.15) is 0 Å². The maximum Gasteiger partial charge on any atom is 0.107 e. The third-order valence-corrected chi connectivity index (χ3v) is 4.33. The lowest BCUT2D eigenvalue weighted by Gasteiger charge is -2.13. The van der Waals surface area contributed by atoms with Crippen LogP contribution in [-0.4, -0.2) is 4.98 Å². The van der Waals surface area contributed by atoms with Gasteiger partial charge in [-0.05, 0) is 38.5 Å². The first-order valence-electron chi connectivity index (χ1n) is 5.98. The summed E-state index contributed by atoms with van der Waals surface area (Å²) in [6.07, 6.45) is 0. The molecule has 2 nitrogen and oxygen atoms in total. The highest BCUT2D eigenvalue weighted by molar-refractivity contribution is 7.11. The quantitative estimate of drug-likeness (QED) is 0.905. The van der Waals surface area contributed by atoms with Gasteiger partial charge in [0.2, 0.25) is 0 Å². The van der Waals surface area contributed by atoms with Crippen molar-refractivity contribution < 1.29 is 0 Å². The average Bonchev–Trinajstić information content (AvgIpc) is 2.67. The average molecular weight is 281 g/mol. The molecule has 0 bridgehead atoms. The monoisotopic (exact) mass is 280 g/mol. The molecule has 1 unspecified atom stereocenters. The Bertz CT molecular complexity index is 500. The van der Waals surface area contributed by atoms with Crippen molar-refractivity contribution in [2.24, 2.45) is 0 Å². The van der Waals surface area contributed by atoms with Crippen LogP contribution in [0.15, 0.2) is 24.3 Å². The van der Waals surface area contributed by atoms with Crippen molar-refractivity contribution in [1.82, 2.24) is 10.3 Å². The van der Waals surface area contributed by atoms with Crippen LogP contribution < -0.4 is 5.32 Å². The molecule has 0 spiro atoms. The van der Waals surface area contributed by atoms with Crippen LogP contribution in [-0.2, 0) is 6.54 Å². The molecule has 18 heavy (non-hydrogen) atoms. The minimum Gasteiger partial charge on any atom is -0.304 e. The van der Waals surface area contributed by atoms with Crippen molar-refractivity contribution in [1.29, 1.82) is 0 Å². The molecule has 4 heteroatoms. The van der Waals surface area contributed by atoms with Crippen LogP contribution in [0.3, 0.4) is 0 Å². The van der Waals surface area contributed by atoms with Gasteiger partial charge >= 0.3 is 0 Å². The number of hydrogen-bond donors (Lipinski definition) is 1. The molecular formula is C14H17ClN2S. The second-order valence-electron chi connectivity index (χ2n) is 4.40. The molecule has 2 rings (SSSR count). The van der Waals surface area contributed by atoms with E-state index in [9.17, 15) is 0 Å². The lowest BCUT2D eigenvalue weighted by atomic mass is 10.1. The summed E-state index contributed by atoms with van der Waals surface area (Å²) in [7, 11) is 0. The van der Waals surface area contributed by atoms with Gasteiger partial charge in [-0.3, -0.25) is 0 Å². The summed E-state index contributed by atoms with van der Waals surface area (Å²) in [5.74, 6) is 0. The molecule has 0 aliphatic carbocycles. The second-order valence-corrected chi connectivity index (χ2v) is 6.13. The summed E-state index contributed by atoms with van der Waals surface area (Å²) >= 11 is 7.64. The van der Waals surface area contributed by atoms with Gasteiger partial charge in [0.1, 0.15) is 5.01 Å². The predicted octanol–water partition coefficient (Wildman–Crippen LogP) is 4.26. The smallest absolute Gasteiger partial charge is 0.107 e. The highest BCUT2D eigenvalue weighted by Crippen LogP contribution is 2.19. The van der Waals surface area contributed by atoms with Gasteiger partial charge in [0.15, 0.2) is 0 Å². The molecule has 0 saturated carbocycles. The highest BCUT2D eigenvalue weighted by Gasteiger charge is 2.07. The van der Waals surface area contributed by atoms with Crippen molar-refractivity contribution in [3.05, 3.63) is 50.4 Å². The molecule has 0 aliphatic rings. The Balaban J connectivity index is 1.95. The number of thiazole rings is 1. The van der Waals surface area contributed by atoms with Crippen molar-refractivity contribution in [3.63, 3.8) is 0 Å². The Morgan fingerprint density at radius 1 is 1.28 bits per heavy atom. The Hall–Kier alpha value is -0.900.